The number of thiazole rings is 1. The smallest absolute Gasteiger partial charge is 0.268 e. The summed E-state index contributed by atoms with van der Waals surface area (Å²) < 4.78 is 27.3. The van der Waals surface area contributed by atoms with E-state index in [9.17, 15) is 13.6 Å². The van der Waals surface area contributed by atoms with Crippen molar-refractivity contribution in [3.63, 3.8) is 0 Å². The molecule has 0 aliphatic rings. The van der Waals surface area contributed by atoms with E-state index in [0.29, 0.717) is 21.9 Å². The number of primary amides is 1. The van der Waals surface area contributed by atoms with Gasteiger partial charge in [0.2, 0.25) is 0 Å². The third-order valence-electron chi connectivity index (χ3n) is 4.14. The molecule has 0 bridgehead atoms. The van der Waals surface area contributed by atoms with Crippen molar-refractivity contribution in [1.29, 1.82) is 0 Å². The summed E-state index contributed by atoms with van der Waals surface area (Å²) in [4.78, 5) is 18.6. The molecule has 0 fully saturated rings. The lowest BCUT2D eigenvalue weighted by Crippen LogP contribution is -2.12. The lowest BCUT2D eigenvalue weighted by atomic mass is 10.1. The van der Waals surface area contributed by atoms with Crippen LogP contribution in [0.2, 0.25) is 0 Å². The molecule has 0 saturated carbocycles. The molecule has 0 unspecified atom stereocenters. The topological polar surface area (TPSA) is 56.0 Å². The molecule has 140 valence electrons. The standard InChI is InChI=1S/C21H14F2N2OS2/c22-13-7-5-12(6-8-13)17-10-9-14(27-17)11-18-25-19(21(24)26)20(28-18)15-3-1-2-4-16(15)23/h1-10H,11H2,(H2,24,26). The van der Waals surface area contributed by atoms with Gasteiger partial charge in [-0.15, -0.1) is 22.7 Å². The van der Waals surface area contributed by atoms with Crippen LogP contribution < -0.4 is 5.73 Å². The van der Waals surface area contributed by atoms with Gasteiger partial charge in [-0.1, -0.05) is 30.3 Å². The number of nitrogens with two attached hydrogens (primary N) is 1. The molecule has 4 rings (SSSR count). The Balaban J connectivity index is 1.64. The number of rotatable bonds is 5. The summed E-state index contributed by atoms with van der Waals surface area (Å²) >= 11 is 2.83. The second-order valence-corrected chi connectivity index (χ2v) is 8.33. The minimum absolute atomic E-state index is 0.0837. The molecule has 3 nitrogen and oxygen atoms in total. The van der Waals surface area contributed by atoms with Crippen LogP contribution in [0, 0.1) is 11.6 Å². The third kappa shape index (κ3) is 3.72. The molecule has 2 aromatic heterocycles. The van der Waals surface area contributed by atoms with E-state index < -0.39 is 11.7 Å². The van der Waals surface area contributed by atoms with Crippen LogP contribution in [0.3, 0.4) is 0 Å². The van der Waals surface area contributed by atoms with Crippen LogP contribution in [-0.4, -0.2) is 10.9 Å². The van der Waals surface area contributed by atoms with E-state index in [1.807, 2.05) is 12.1 Å². The van der Waals surface area contributed by atoms with Crippen LogP contribution in [0.1, 0.15) is 20.4 Å². The van der Waals surface area contributed by atoms with Crippen molar-refractivity contribution in [1.82, 2.24) is 4.98 Å². The minimum atomic E-state index is -0.682. The Morgan fingerprint density at radius 1 is 0.964 bits per heavy atom. The fraction of sp³-hybridized carbons (Fsp3) is 0.0476. The lowest BCUT2D eigenvalue weighted by Gasteiger charge is -2.00. The van der Waals surface area contributed by atoms with E-state index in [2.05, 4.69) is 4.98 Å². The Kier molecular flexibility index (Phi) is 5.02. The van der Waals surface area contributed by atoms with Crippen molar-refractivity contribution in [2.45, 2.75) is 6.42 Å². The van der Waals surface area contributed by atoms with Gasteiger partial charge in [-0.3, -0.25) is 4.79 Å². The second-order valence-electron chi connectivity index (χ2n) is 6.08. The highest BCUT2D eigenvalue weighted by molar-refractivity contribution is 7.17. The maximum Gasteiger partial charge on any atom is 0.268 e. The molecule has 0 atom stereocenters. The summed E-state index contributed by atoms with van der Waals surface area (Å²) in [5.41, 5.74) is 6.79. The predicted molar refractivity (Wildman–Crippen MR) is 109 cm³/mol. The first kappa shape index (κ1) is 18.5. The van der Waals surface area contributed by atoms with Gasteiger partial charge in [0.25, 0.3) is 5.91 Å². The molecule has 0 saturated heterocycles. The first-order chi connectivity index (χ1) is 13.5. The molecule has 2 aromatic carbocycles. The largest absolute Gasteiger partial charge is 0.364 e. The van der Waals surface area contributed by atoms with Crippen molar-refractivity contribution in [2.75, 3.05) is 0 Å². The Labute approximate surface area is 168 Å². The van der Waals surface area contributed by atoms with Gasteiger partial charge in [0, 0.05) is 21.7 Å². The highest BCUT2D eigenvalue weighted by atomic mass is 32.1. The zero-order chi connectivity index (χ0) is 19.7. The minimum Gasteiger partial charge on any atom is -0.364 e. The molecule has 28 heavy (non-hydrogen) atoms. The van der Waals surface area contributed by atoms with E-state index in [-0.39, 0.29) is 11.5 Å². The van der Waals surface area contributed by atoms with Crippen LogP contribution >= 0.6 is 22.7 Å². The van der Waals surface area contributed by atoms with Gasteiger partial charge in [0.1, 0.15) is 17.3 Å². The normalized spacial score (nSPS) is 10.9. The van der Waals surface area contributed by atoms with Gasteiger partial charge < -0.3 is 5.73 Å². The molecule has 0 spiro atoms. The quantitative estimate of drug-likeness (QED) is 0.470. The van der Waals surface area contributed by atoms with Gasteiger partial charge >= 0.3 is 0 Å². The van der Waals surface area contributed by atoms with E-state index >= 15 is 0 Å². The summed E-state index contributed by atoms with van der Waals surface area (Å²) in [6, 6.07) is 16.5. The van der Waals surface area contributed by atoms with Crippen molar-refractivity contribution in [3.05, 3.63) is 87.9 Å². The van der Waals surface area contributed by atoms with E-state index in [4.69, 9.17) is 5.73 Å². The van der Waals surface area contributed by atoms with Crippen LogP contribution in [0.4, 0.5) is 8.78 Å². The Morgan fingerprint density at radius 3 is 2.43 bits per heavy atom. The zero-order valence-corrected chi connectivity index (χ0v) is 16.1. The van der Waals surface area contributed by atoms with Crippen LogP contribution in [0.25, 0.3) is 20.9 Å². The van der Waals surface area contributed by atoms with E-state index in [0.717, 1.165) is 15.3 Å². The van der Waals surface area contributed by atoms with E-state index in [1.54, 1.807) is 41.7 Å². The van der Waals surface area contributed by atoms with Crippen LogP contribution in [-0.2, 0) is 6.42 Å². The van der Waals surface area contributed by atoms with Crippen LogP contribution in [0.5, 0.6) is 0 Å². The van der Waals surface area contributed by atoms with Crippen molar-refractivity contribution >= 4 is 28.6 Å². The SMILES string of the molecule is NC(=O)c1nc(Cc2ccc(-c3ccc(F)cc3)s2)sc1-c1ccccc1F. The average Bonchev–Trinajstić information content (AvgIpc) is 3.30. The van der Waals surface area contributed by atoms with Gasteiger partial charge in [-0.25, -0.2) is 13.8 Å². The average molecular weight is 412 g/mol. The number of hydrogen-bond acceptors (Lipinski definition) is 4. The first-order valence-corrected chi connectivity index (χ1v) is 10.0. The second kappa shape index (κ2) is 7.61. The van der Waals surface area contributed by atoms with Crippen LogP contribution in [0.15, 0.2) is 60.7 Å². The summed E-state index contributed by atoms with van der Waals surface area (Å²) in [5.74, 6) is -1.38. The maximum absolute atomic E-state index is 14.2. The molecular formula is C21H14F2N2OS2. The fourth-order valence-electron chi connectivity index (χ4n) is 2.83. The molecule has 0 aliphatic heterocycles. The number of carbonyl (C=O) groups is 1. The maximum atomic E-state index is 14.2. The highest BCUT2D eigenvalue weighted by Crippen LogP contribution is 2.35. The number of thiophene rings is 1. The first-order valence-electron chi connectivity index (χ1n) is 8.40. The van der Waals surface area contributed by atoms with E-state index in [1.165, 1.54) is 29.5 Å². The number of benzene rings is 2. The lowest BCUT2D eigenvalue weighted by molar-refractivity contribution is 0.0996. The highest BCUT2D eigenvalue weighted by Gasteiger charge is 2.20. The summed E-state index contributed by atoms with van der Waals surface area (Å²) in [5, 5.41) is 0.680. The number of hydrogen-bond donors (Lipinski definition) is 1. The molecule has 7 heteroatoms. The number of amides is 1. The fourth-order valence-corrected chi connectivity index (χ4v) is 5.05. The zero-order valence-electron chi connectivity index (χ0n) is 14.5. The molecule has 0 aliphatic carbocycles. The number of nitrogens with zero attached hydrogens (tertiary/aromatic N) is 1. The molecule has 2 heterocycles. The predicted octanol–water partition coefficient (Wildman–Crippen LogP) is 5.51. The van der Waals surface area contributed by atoms with Gasteiger partial charge in [-0.2, -0.15) is 0 Å². The molecule has 2 N–H and O–H groups in total. The summed E-state index contributed by atoms with van der Waals surface area (Å²) in [6.45, 7) is 0. The van der Waals surface area contributed by atoms with Gasteiger partial charge in [0.05, 0.1) is 9.88 Å². The number of carbonyl (C=O) groups excluding carboxylic acids is 1. The Hall–Kier alpha value is -2.90. The van der Waals surface area contributed by atoms with Gasteiger partial charge in [-0.05, 0) is 35.9 Å². The van der Waals surface area contributed by atoms with Crippen molar-refractivity contribution in [3.8, 4) is 20.9 Å². The monoisotopic (exact) mass is 412 g/mol. The summed E-state index contributed by atoms with van der Waals surface area (Å²) in [7, 11) is 0. The van der Waals surface area contributed by atoms with Gasteiger partial charge in [0.15, 0.2) is 0 Å². The summed E-state index contributed by atoms with van der Waals surface area (Å²) in [6.07, 6.45) is 0.505. The Morgan fingerprint density at radius 2 is 1.71 bits per heavy atom. The molecular weight excluding hydrogens is 398 g/mol. The van der Waals surface area contributed by atoms with Crippen molar-refractivity contribution in [2.24, 2.45) is 5.73 Å². The number of aromatic nitrogens is 1. The molecule has 4 aromatic rings. The Bertz CT molecular complexity index is 1150. The number of halogens is 2. The molecule has 1 amide bonds. The van der Waals surface area contributed by atoms with Crippen molar-refractivity contribution < 1.29 is 13.6 Å². The molecule has 0 radical (unpaired) electrons. The third-order valence-corrected chi connectivity index (χ3v) is 6.36.